The Labute approximate surface area is 394 Å². The fourth-order valence-electron chi connectivity index (χ4n) is 7.67. The van der Waals surface area contributed by atoms with E-state index in [2.05, 4.69) is 5.32 Å². The lowest BCUT2D eigenvalue weighted by Gasteiger charge is -2.35. The summed E-state index contributed by atoms with van der Waals surface area (Å²) in [7, 11) is 1.34. The van der Waals surface area contributed by atoms with Crippen molar-refractivity contribution < 1.29 is 92.5 Å². The molecule has 3 aromatic carbocycles. The lowest BCUT2D eigenvalue weighted by Crippen LogP contribution is -2.47. The Hall–Kier alpha value is -8.68. The van der Waals surface area contributed by atoms with Crippen molar-refractivity contribution >= 4 is 69.8 Å². The Bertz CT molecular complexity index is 2650. The van der Waals surface area contributed by atoms with Crippen molar-refractivity contribution in [2.24, 2.45) is 0 Å². The van der Waals surface area contributed by atoms with Gasteiger partial charge >= 0.3 is 41.4 Å². The third kappa shape index (κ3) is 14.7. The van der Waals surface area contributed by atoms with E-state index in [1.807, 2.05) is 0 Å². The van der Waals surface area contributed by atoms with E-state index in [1.165, 1.54) is 54.5 Å². The van der Waals surface area contributed by atoms with Gasteiger partial charge < -0.3 is 69.1 Å². The number of carbonyl (C=O) groups excluding carboxylic acids is 1. The summed E-state index contributed by atoms with van der Waals surface area (Å²) in [6, 6.07) is 10.9. The first-order valence-corrected chi connectivity index (χ1v) is 21.0. The number of hydrogen-bond acceptors (Lipinski definition) is 18. The summed E-state index contributed by atoms with van der Waals surface area (Å²) in [5.41, 5.74) is -2.32. The smallest absolute Gasteiger partial charge is 0.349 e. The Morgan fingerprint density at radius 3 is 1.73 bits per heavy atom. The molecule has 1 heterocycles. The number of nitro benzene ring substituents is 1. The van der Waals surface area contributed by atoms with E-state index >= 15 is 0 Å². The van der Waals surface area contributed by atoms with Gasteiger partial charge in [0, 0.05) is 29.6 Å². The first kappa shape index (κ1) is 52.3. The molecular formula is C44H47N5O21. The number of fused-ring (bicyclic) bond motifs is 1. The van der Waals surface area contributed by atoms with E-state index in [1.54, 1.807) is 0 Å². The molecule has 0 unspecified atom stereocenters. The second-order valence-electron chi connectivity index (χ2n) is 15.6. The average Bonchev–Trinajstić information content (AvgIpc) is 3.27. The normalized spacial score (nSPS) is 14.3. The molecule has 0 atom stereocenters. The summed E-state index contributed by atoms with van der Waals surface area (Å²) >= 11 is 0. The van der Waals surface area contributed by atoms with Crippen molar-refractivity contribution in [3.8, 4) is 23.0 Å². The van der Waals surface area contributed by atoms with Gasteiger partial charge in [-0.1, -0.05) is 0 Å². The molecule has 0 bridgehead atoms. The number of carboxylic acids is 6. The van der Waals surface area contributed by atoms with Gasteiger partial charge in [-0.15, -0.1) is 0 Å². The number of nitro groups is 1. The fraction of sp³-hybridized carbons (Fsp3) is 0.364. The Balaban J connectivity index is 1.34. The summed E-state index contributed by atoms with van der Waals surface area (Å²) in [4.78, 5) is 111. The predicted molar refractivity (Wildman–Crippen MR) is 239 cm³/mol. The number of anilines is 2. The Morgan fingerprint density at radius 1 is 0.671 bits per heavy atom. The summed E-state index contributed by atoms with van der Waals surface area (Å²) in [6.45, 7) is -5.55. The summed E-state index contributed by atoms with van der Waals surface area (Å²) in [6.07, 6.45) is 1.56. The minimum absolute atomic E-state index is 0.0212. The zero-order chi connectivity index (χ0) is 51.2. The highest BCUT2D eigenvalue weighted by atomic mass is 16.6. The van der Waals surface area contributed by atoms with Gasteiger partial charge in [0.1, 0.15) is 80.1 Å². The molecule has 374 valence electrons. The molecule has 0 radical (unpaired) electrons. The fourth-order valence-corrected chi connectivity index (χ4v) is 7.67. The zero-order valence-corrected chi connectivity index (χ0v) is 37.1. The van der Waals surface area contributed by atoms with Gasteiger partial charge in [-0.05, 0) is 62.1 Å². The SMILES string of the molecule is COc1ccc(N(CC(=O)O)CC(=O)O)c(OCCOc2cc([N+](=O)[O-])c(COc3ccc4cc(C(=O)NC5CCC(N(CC(=O)O)CC(=O)O)CC5)c(=O)oc4c3)cc2N(CC(=O)O)CC(=O)O)c1. The Kier molecular flexibility index (Phi) is 17.8. The molecule has 1 aromatic heterocycles. The van der Waals surface area contributed by atoms with Crippen LogP contribution in [0.5, 0.6) is 23.0 Å². The lowest BCUT2D eigenvalue weighted by molar-refractivity contribution is -0.385. The molecule has 1 amide bonds. The summed E-state index contributed by atoms with van der Waals surface area (Å²) in [5.74, 6) is -8.81. The van der Waals surface area contributed by atoms with Gasteiger partial charge in [0.2, 0.25) is 0 Å². The molecule has 0 aliphatic heterocycles. The van der Waals surface area contributed by atoms with Crippen LogP contribution < -0.4 is 39.7 Å². The standard InChI is InChI=1S/C44H47N5O21/c1-66-28-8-9-31(47(19-39(54)55)20-40(56)57)35(14-28)67-10-11-68-36-16-32(49(64)65)25(13-33(36)48(21-41(58)59)22-42(60)61)23-69-29-7-2-24-12-30(44(63)70-34(24)15-29)43(62)45-26-3-5-27(6-4-26)46(17-37(50)51)18-38(52)53/h2,7-9,12-16,26-27H,3-6,10-11,17-23H2,1H3,(H,45,62)(H,50,51)(H,52,53)(H,54,55)(H,56,57)(H,58,59)(H,60,61). The lowest BCUT2D eigenvalue weighted by atomic mass is 9.90. The number of aliphatic carboxylic acids is 6. The second kappa shape index (κ2) is 23.9. The quantitative estimate of drug-likeness (QED) is 0.0195. The summed E-state index contributed by atoms with van der Waals surface area (Å²) in [5, 5.41) is 72.0. The van der Waals surface area contributed by atoms with Crippen LogP contribution in [-0.2, 0) is 35.4 Å². The van der Waals surface area contributed by atoms with E-state index in [0.717, 1.165) is 21.9 Å². The topological polar surface area (TPSA) is 373 Å². The van der Waals surface area contributed by atoms with E-state index in [-0.39, 0.29) is 69.1 Å². The molecule has 1 aliphatic carbocycles. The molecule has 5 rings (SSSR count). The molecule has 1 saturated carbocycles. The third-order valence-electron chi connectivity index (χ3n) is 10.7. The predicted octanol–water partition coefficient (Wildman–Crippen LogP) is 2.21. The molecular weight excluding hydrogens is 934 g/mol. The van der Waals surface area contributed by atoms with E-state index in [9.17, 15) is 79.1 Å². The van der Waals surface area contributed by atoms with E-state index < -0.39 is 116 Å². The number of methoxy groups -OCH3 is 1. The zero-order valence-electron chi connectivity index (χ0n) is 37.1. The van der Waals surface area contributed by atoms with Crippen molar-refractivity contribution in [2.45, 2.75) is 44.4 Å². The van der Waals surface area contributed by atoms with Crippen LogP contribution in [0, 0.1) is 10.1 Å². The average molecular weight is 982 g/mol. The maximum Gasteiger partial charge on any atom is 0.349 e. The number of amides is 1. The van der Waals surface area contributed by atoms with Crippen LogP contribution in [0.2, 0.25) is 0 Å². The monoisotopic (exact) mass is 981 g/mol. The van der Waals surface area contributed by atoms with E-state index in [4.69, 9.17) is 23.4 Å². The molecule has 26 heteroatoms. The molecule has 4 aromatic rings. The van der Waals surface area contributed by atoms with Crippen LogP contribution in [0.1, 0.15) is 41.6 Å². The number of hydrogen-bond donors (Lipinski definition) is 7. The molecule has 0 saturated heterocycles. The number of nitrogens with zero attached hydrogens (tertiary/aromatic N) is 4. The van der Waals surface area contributed by atoms with Gasteiger partial charge in [-0.25, -0.2) is 4.79 Å². The number of benzene rings is 3. The third-order valence-corrected chi connectivity index (χ3v) is 10.7. The molecule has 26 nitrogen and oxygen atoms in total. The van der Waals surface area contributed by atoms with Crippen LogP contribution in [0.25, 0.3) is 11.0 Å². The molecule has 70 heavy (non-hydrogen) atoms. The van der Waals surface area contributed by atoms with Gasteiger partial charge in [0.25, 0.3) is 11.6 Å². The first-order chi connectivity index (χ1) is 33.2. The number of carbonyl (C=O) groups is 7. The number of carboxylic acid groups (broad SMARTS) is 6. The van der Waals surface area contributed by atoms with Gasteiger partial charge in [-0.2, -0.15) is 0 Å². The second-order valence-corrected chi connectivity index (χ2v) is 15.6. The van der Waals surface area contributed by atoms with Crippen molar-refractivity contribution in [3.05, 3.63) is 86.3 Å². The highest BCUT2D eigenvalue weighted by molar-refractivity contribution is 5.97. The number of nitrogens with one attached hydrogen (secondary N) is 1. The largest absolute Gasteiger partial charge is 0.497 e. The van der Waals surface area contributed by atoms with Gasteiger partial charge in [0.05, 0.1) is 48.1 Å². The highest BCUT2D eigenvalue weighted by Crippen LogP contribution is 2.37. The van der Waals surface area contributed by atoms with Gasteiger partial charge in [0.15, 0.2) is 0 Å². The van der Waals surface area contributed by atoms with Crippen LogP contribution in [0.4, 0.5) is 17.1 Å². The minimum Gasteiger partial charge on any atom is -0.497 e. The number of ether oxygens (including phenoxy) is 4. The van der Waals surface area contributed by atoms with Crippen LogP contribution in [-0.4, -0.2) is 154 Å². The minimum atomic E-state index is -1.47. The highest BCUT2D eigenvalue weighted by Gasteiger charge is 2.31. The van der Waals surface area contributed by atoms with Crippen molar-refractivity contribution in [2.75, 3.05) is 69.4 Å². The molecule has 0 spiro atoms. The van der Waals surface area contributed by atoms with Crippen molar-refractivity contribution in [1.82, 2.24) is 10.2 Å². The van der Waals surface area contributed by atoms with Crippen molar-refractivity contribution in [3.63, 3.8) is 0 Å². The van der Waals surface area contributed by atoms with Crippen LogP contribution >= 0.6 is 0 Å². The molecule has 1 fully saturated rings. The van der Waals surface area contributed by atoms with Crippen molar-refractivity contribution in [1.29, 1.82) is 0 Å². The summed E-state index contributed by atoms with van der Waals surface area (Å²) < 4.78 is 28.1. The molecule has 7 N–H and O–H groups in total. The number of rotatable bonds is 27. The maximum atomic E-state index is 13.2. The van der Waals surface area contributed by atoms with E-state index in [0.29, 0.717) is 25.7 Å². The van der Waals surface area contributed by atoms with Crippen LogP contribution in [0.3, 0.4) is 0 Å². The first-order valence-electron chi connectivity index (χ1n) is 21.0. The Morgan fingerprint density at radius 2 is 1.20 bits per heavy atom. The molecule has 1 aliphatic rings. The van der Waals surface area contributed by atoms with Gasteiger partial charge in [-0.3, -0.25) is 48.6 Å². The maximum absolute atomic E-state index is 13.2. The van der Waals surface area contributed by atoms with Crippen LogP contribution in [0.15, 0.2) is 63.8 Å².